The number of aliphatic hydroxyl groups excluding tert-OH is 2. The molecule has 0 spiro atoms. The minimum Gasteiger partial charge on any atom is -0.481 e. The second-order valence-corrected chi connectivity index (χ2v) is 6.28. The smallest absolute Gasteiger partial charge is 0.303 e. The summed E-state index contributed by atoms with van der Waals surface area (Å²) in [6.45, 7) is 0. The summed E-state index contributed by atoms with van der Waals surface area (Å²) in [6.07, 6.45) is 18.0. The number of carbonyl (C=O) groups is 2. The molecule has 0 aromatic heterocycles. The Morgan fingerprint density at radius 3 is 1.93 bits per heavy atom. The summed E-state index contributed by atoms with van der Waals surface area (Å²) in [5.41, 5.74) is 0. The topological polar surface area (TPSA) is 115 Å². The van der Waals surface area contributed by atoms with Crippen molar-refractivity contribution in [3.05, 3.63) is 48.6 Å². The quantitative estimate of drug-likeness (QED) is 0.185. The van der Waals surface area contributed by atoms with Gasteiger partial charge >= 0.3 is 11.9 Å². The van der Waals surface area contributed by atoms with Crippen LogP contribution in [-0.4, -0.2) is 44.6 Å². The number of rotatable bonds is 16. The van der Waals surface area contributed by atoms with Gasteiger partial charge in [-0.15, -0.1) is 0 Å². The number of aliphatic carboxylic acids is 2. The maximum Gasteiger partial charge on any atom is 0.303 e. The summed E-state index contributed by atoms with van der Waals surface area (Å²) >= 11 is 0. The normalized spacial score (nSPS) is 14.6. The number of carboxylic acid groups (broad SMARTS) is 2. The largest absolute Gasteiger partial charge is 0.481 e. The van der Waals surface area contributed by atoms with Gasteiger partial charge in [0, 0.05) is 12.8 Å². The molecular formula is C21H32O6. The van der Waals surface area contributed by atoms with E-state index in [9.17, 15) is 19.8 Å². The molecule has 0 rings (SSSR count). The van der Waals surface area contributed by atoms with E-state index in [1.807, 2.05) is 12.2 Å². The van der Waals surface area contributed by atoms with Gasteiger partial charge in [-0.05, 0) is 38.5 Å². The lowest BCUT2D eigenvalue weighted by Crippen LogP contribution is -2.03. The number of hydrogen-bond acceptors (Lipinski definition) is 4. The lowest BCUT2D eigenvalue weighted by atomic mass is 10.1. The average molecular weight is 380 g/mol. The van der Waals surface area contributed by atoms with Crippen molar-refractivity contribution in [2.75, 3.05) is 0 Å². The molecule has 0 saturated carbocycles. The van der Waals surface area contributed by atoms with E-state index in [1.54, 1.807) is 36.5 Å². The number of hydrogen-bond donors (Lipinski definition) is 4. The van der Waals surface area contributed by atoms with Crippen molar-refractivity contribution in [1.82, 2.24) is 0 Å². The summed E-state index contributed by atoms with van der Waals surface area (Å²) in [5.74, 6) is -1.61. The first-order chi connectivity index (χ1) is 12.9. The van der Waals surface area contributed by atoms with Crippen molar-refractivity contribution < 1.29 is 30.0 Å². The lowest BCUT2D eigenvalue weighted by Gasteiger charge is -2.02. The third kappa shape index (κ3) is 20.0. The summed E-state index contributed by atoms with van der Waals surface area (Å²) < 4.78 is 0. The molecule has 0 saturated heterocycles. The summed E-state index contributed by atoms with van der Waals surface area (Å²) in [6, 6.07) is 0. The Kier molecular flexibility index (Phi) is 15.9. The fraction of sp³-hybridized carbons (Fsp3) is 0.524. The van der Waals surface area contributed by atoms with Crippen molar-refractivity contribution in [3.8, 4) is 0 Å². The van der Waals surface area contributed by atoms with Gasteiger partial charge in [-0.1, -0.05) is 55.0 Å². The van der Waals surface area contributed by atoms with Crippen molar-refractivity contribution in [1.29, 1.82) is 0 Å². The van der Waals surface area contributed by atoms with E-state index in [1.165, 1.54) is 0 Å². The zero-order chi connectivity index (χ0) is 20.3. The van der Waals surface area contributed by atoms with Crippen molar-refractivity contribution in [2.24, 2.45) is 0 Å². The Morgan fingerprint density at radius 1 is 0.704 bits per heavy atom. The summed E-state index contributed by atoms with van der Waals surface area (Å²) in [7, 11) is 0. The molecule has 6 heteroatoms. The molecule has 0 aliphatic rings. The van der Waals surface area contributed by atoms with Crippen LogP contribution in [0.4, 0.5) is 0 Å². The molecule has 0 aromatic carbocycles. The predicted molar refractivity (Wildman–Crippen MR) is 105 cm³/mol. The van der Waals surface area contributed by atoms with E-state index in [2.05, 4.69) is 0 Å². The molecule has 0 fully saturated rings. The van der Waals surface area contributed by atoms with Gasteiger partial charge in [0.05, 0.1) is 12.2 Å². The van der Waals surface area contributed by atoms with Crippen molar-refractivity contribution >= 4 is 11.9 Å². The predicted octanol–water partition coefficient (Wildman–Crippen LogP) is 3.61. The minimum absolute atomic E-state index is 0.0561. The van der Waals surface area contributed by atoms with Crippen molar-refractivity contribution in [3.63, 3.8) is 0 Å². The number of carboxylic acids is 2. The number of unbranched alkanes of at least 4 members (excludes halogenated alkanes) is 3. The Morgan fingerprint density at radius 2 is 1.30 bits per heavy atom. The number of aliphatic hydroxyl groups is 2. The zero-order valence-electron chi connectivity index (χ0n) is 15.7. The third-order valence-electron chi connectivity index (χ3n) is 3.70. The Bertz CT molecular complexity index is 519. The molecular weight excluding hydrogens is 348 g/mol. The first kappa shape index (κ1) is 24.8. The molecule has 0 aliphatic carbocycles. The summed E-state index contributed by atoms with van der Waals surface area (Å²) in [4.78, 5) is 20.7. The third-order valence-corrected chi connectivity index (χ3v) is 3.70. The first-order valence-electron chi connectivity index (χ1n) is 9.38. The van der Waals surface area contributed by atoms with Crippen LogP contribution in [-0.2, 0) is 9.59 Å². The molecule has 0 amide bonds. The highest BCUT2D eigenvalue weighted by Crippen LogP contribution is 2.05. The Labute approximate surface area is 161 Å². The Hall–Kier alpha value is -2.18. The van der Waals surface area contributed by atoms with Crippen LogP contribution in [0.3, 0.4) is 0 Å². The van der Waals surface area contributed by atoms with Crippen LogP contribution in [0.1, 0.15) is 57.8 Å². The number of allylic oxidation sites excluding steroid dienone is 5. The molecule has 0 radical (unpaired) electrons. The van der Waals surface area contributed by atoms with Gasteiger partial charge in [-0.2, -0.15) is 0 Å². The molecule has 152 valence electrons. The summed E-state index contributed by atoms with van der Waals surface area (Å²) in [5, 5.41) is 36.4. The van der Waals surface area contributed by atoms with Gasteiger partial charge in [0.1, 0.15) is 0 Å². The highest BCUT2D eigenvalue weighted by molar-refractivity contribution is 5.66. The minimum atomic E-state index is -0.861. The van der Waals surface area contributed by atoms with Gasteiger partial charge < -0.3 is 20.4 Å². The first-order valence-corrected chi connectivity index (χ1v) is 9.38. The van der Waals surface area contributed by atoms with Crippen LogP contribution in [0, 0.1) is 0 Å². The van der Waals surface area contributed by atoms with E-state index in [0.29, 0.717) is 25.7 Å². The molecule has 0 aliphatic heterocycles. The molecule has 27 heavy (non-hydrogen) atoms. The standard InChI is InChI=1S/C21H32O6/c22-18(12-7-3-1-2-4-10-16-20(24)25)13-8-5-6-9-14-19(23)15-11-17-21(26)27/h3,5-9,13-14,18-19,22-23H,1-2,4,10-12,15-17H2,(H,24,25)(H,26,27). The fourth-order valence-electron chi connectivity index (χ4n) is 2.22. The van der Waals surface area contributed by atoms with E-state index in [-0.39, 0.29) is 12.8 Å². The van der Waals surface area contributed by atoms with E-state index in [0.717, 1.165) is 19.3 Å². The van der Waals surface area contributed by atoms with Crippen LogP contribution in [0.25, 0.3) is 0 Å². The molecule has 0 aromatic rings. The van der Waals surface area contributed by atoms with Crippen LogP contribution in [0.2, 0.25) is 0 Å². The van der Waals surface area contributed by atoms with E-state index >= 15 is 0 Å². The van der Waals surface area contributed by atoms with Gasteiger partial charge in [0.25, 0.3) is 0 Å². The molecule has 2 unspecified atom stereocenters. The SMILES string of the molecule is O=C(O)CCCCCC=CCC(O)C=CC=CC=CC(O)CCCC(=O)O. The molecule has 4 N–H and O–H groups in total. The van der Waals surface area contributed by atoms with Gasteiger partial charge in [-0.3, -0.25) is 9.59 Å². The van der Waals surface area contributed by atoms with Crippen LogP contribution >= 0.6 is 0 Å². The highest BCUT2D eigenvalue weighted by atomic mass is 16.4. The monoisotopic (exact) mass is 380 g/mol. The second kappa shape index (κ2) is 17.2. The van der Waals surface area contributed by atoms with Crippen LogP contribution < -0.4 is 0 Å². The van der Waals surface area contributed by atoms with Crippen LogP contribution in [0.15, 0.2) is 48.6 Å². The van der Waals surface area contributed by atoms with E-state index < -0.39 is 24.1 Å². The van der Waals surface area contributed by atoms with Gasteiger partial charge in [-0.25, -0.2) is 0 Å². The van der Waals surface area contributed by atoms with Gasteiger partial charge in [0.2, 0.25) is 0 Å². The second-order valence-electron chi connectivity index (χ2n) is 6.28. The maximum absolute atomic E-state index is 10.4. The van der Waals surface area contributed by atoms with Crippen LogP contribution in [0.5, 0.6) is 0 Å². The maximum atomic E-state index is 10.4. The van der Waals surface area contributed by atoms with E-state index in [4.69, 9.17) is 10.2 Å². The zero-order valence-corrected chi connectivity index (χ0v) is 15.7. The highest BCUT2D eigenvalue weighted by Gasteiger charge is 2.01. The molecule has 0 heterocycles. The molecule has 0 bridgehead atoms. The lowest BCUT2D eigenvalue weighted by molar-refractivity contribution is -0.138. The van der Waals surface area contributed by atoms with Gasteiger partial charge in [0.15, 0.2) is 0 Å². The fourth-order valence-corrected chi connectivity index (χ4v) is 2.22. The molecule has 2 atom stereocenters. The van der Waals surface area contributed by atoms with Crippen molar-refractivity contribution in [2.45, 2.75) is 70.0 Å². The average Bonchev–Trinajstić information content (AvgIpc) is 2.59. The Balaban J connectivity index is 3.77. The molecule has 6 nitrogen and oxygen atoms in total.